The van der Waals surface area contributed by atoms with Crippen molar-refractivity contribution in [1.82, 2.24) is 14.9 Å². The number of H-pyrrole nitrogens is 2. The third kappa shape index (κ3) is 4.89. The van der Waals surface area contributed by atoms with Gasteiger partial charge in [0.25, 0.3) is 0 Å². The summed E-state index contributed by atoms with van der Waals surface area (Å²) < 4.78 is 0. The fraction of sp³-hybridized carbons (Fsp3) is 0.381. The van der Waals surface area contributed by atoms with Crippen molar-refractivity contribution in [2.75, 3.05) is 49.5 Å². The van der Waals surface area contributed by atoms with Gasteiger partial charge in [-0.25, -0.2) is 4.79 Å². The quantitative estimate of drug-likeness (QED) is 0.510. The molecule has 8 heteroatoms. The van der Waals surface area contributed by atoms with E-state index in [9.17, 15) is 4.79 Å². The summed E-state index contributed by atoms with van der Waals surface area (Å²) in [6.07, 6.45) is 2.16. The molecule has 0 aliphatic carbocycles. The molecule has 0 spiro atoms. The molecule has 29 heavy (non-hydrogen) atoms. The fourth-order valence-electron chi connectivity index (χ4n) is 3.85. The van der Waals surface area contributed by atoms with Crippen LogP contribution in [0.25, 0.3) is 11.0 Å². The van der Waals surface area contributed by atoms with E-state index >= 15 is 0 Å². The Labute approximate surface area is 179 Å². The van der Waals surface area contributed by atoms with E-state index in [4.69, 9.17) is 23.2 Å². The number of aromatic nitrogens is 2. The van der Waals surface area contributed by atoms with E-state index < -0.39 is 0 Å². The number of halogens is 2. The topological polar surface area (TPSA) is 67.2 Å². The molecule has 0 atom stereocenters. The predicted molar refractivity (Wildman–Crippen MR) is 122 cm³/mol. The molecule has 1 fully saturated rings. The van der Waals surface area contributed by atoms with Gasteiger partial charge in [0.2, 0.25) is 0 Å². The van der Waals surface area contributed by atoms with Crippen molar-refractivity contribution in [1.29, 1.82) is 0 Å². The van der Waals surface area contributed by atoms with Crippen LogP contribution in [0, 0.1) is 0 Å². The maximum atomic E-state index is 11.4. The number of fused-ring (bicyclic) bond motifs is 1. The maximum absolute atomic E-state index is 11.4. The highest BCUT2D eigenvalue weighted by Gasteiger charge is 2.17. The molecule has 0 bridgehead atoms. The Morgan fingerprint density at radius 2 is 1.86 bits per heavy atom. The van der Waals surface area contributed by atoms with Gasteiger partial charge in [0.15, 0.2) is 0 Å². The SMILES string of the molecule is O=c1[nH]c2ccc(NCCCN3CCCN(c4cccc(Cl)c4Cl)CC3)cc2[nH]1. The molecule has 4 rings (SSSR count). The summed E-state index contributed by atoms with van der Waals surface area (Å²) in [5.41, 5.74) is 3.53. The summed E-state index contributed by atoms with van der Waals surface area (Å²) in [7, 11) is 0. The Morgan fingerprint density at radius 1 is 1.00 bits per heavy atom. The molecule has 0 amide bonds. The normalized spacial score (nSPS) is 15.6. The van der Waals surface area contributed by atoms with Crippen molar-refractivity contribution in [2.45, 2.75) is 12.8 Å². The number of imidazole rings is 1. The van der Waals surface area contributed by atoms with Crippen LogP contribution in [0.3, 0.4) is 0 Å². The summed E-state index contributed by atoms with van der Waals surface area (Å²) >= 11 is 12.6. The van der Waals surface area contributed by atoms with Gasteiger partial charge in [-0.1, -0.05) is 29.3 Å². The number of nitrogens with zero attached hydrogens (tertiary/aromatic N) is 2. The first-order valence-electron chi connectivity index (χ1n) is 9.97. The lowest BCUT2D eigenvalue weighted by molar-refractivity contribution is 0.292. The number of rotatable bonds is 6. The van der Waals surface area contributed by atoms with Gasteiger partial charge < -0.3 is 25.1 Å². The van der Waals surface area contributed by atoms with E-state index in [-0.39, 0.29) is 5.69 Å². The molecule has 1 aliphatic heterocycles. The van der Waals surface area contributed by atoms with Crippen LogP contribution in [0.5, 0.6) is 0 Å². The van der Waals surface area contributed by atoms with Crippen LogP contribution in [0.15, 0.2) is 41.2 Å². The minimum atomic E-state index is -0.175. The Balaban J connectivity index is 1.25. The van der Waals surface area contributed by atoms with Crippen molar-refractivity contribution in [3.8, 4) is 0 Å². The molecular formula is C21H25Cl2N5O. The minimum absolute atomic E-state index is 0.175. The van der Waals surface area contributed by atoms with E-state index in [2.05, 4.69) is 25.1 Å². The second kappa shape index (κ2) is 9.11. The van der Waals surface area contributed by atoms with E-state index in [0.29, 0.717) is 10.0 Å². The van der Waals surface area contributed by atoms with E-state index in [0.717, 1.165) is 74.5 Å². The third-order valence-electron chi connectivity index (χ3n) is 5.36. The number of nitrogens with one attached hydrogen (secondary N) is 3. The first-order chi connectivity index (χ1) is 14.1. The van der Waals surface area contributed by atoms with Gasteiger partial charge in [0.1, 0.15) is 0 Å². The van der Waals surface area contributed by atoms with Crippen LogP contribution in [0.2, 0.25) is 10.0 Å². The zero-order chi connectivity index (χ0) is 20.2. The van der Waals surface area contributed by atoms with Crippen LogP contribution >= 0.6 is 23.2 Å². The maximum Gasteiger partial charge on any atom is 0.323 e. The summed E-state index contributed by atoms with van der Waals surface area (Å²) in [6, 6.07) is 11.7. The molecule has 154 valence electrons. The Kier molecular flexibility index (Phi) is 6.33. The summed E-state index contributed by atoms with van der Waals surface area (Å²) in [6.45, 7) is 5.98. The molecule has 6 nitrogen and oxygen atoms in total. The smallest absolute Gasteiger partial charge is 0.323 e. The number of aromatic amines is 2. The van der Waals surface area contributed by atoms with Gasteiger partial charge in [-0.05, 0) is 56.3 Å². The average molecular weight is 434 g/mol. The summed E-state index contributed by atoms with van der Waals surface area (Å²) in [5.74, 6) is 0. The van der Waals surface area contributed by atoms with Crippen molar-refractivity contribution in [3.63, 3.8) is 0 Å². The molecule has 2 aromatic carbocycles. The lowest BCUT2D eigenvalue weighted by Crippen LogP contribution is -2.32. The van der Waals surface area contributed by atoms with Crippen molar-refractivity contribution >= 4 is 45.6 Å². The number of benzene rings is 2. The first-order valence-corrected chi connectivity index (χ1v) is 10.7. The molecule has 0 radical (unpaired) electrons. The molecular weight excluding hydrogens is 409 g/mol. The monoisotopic (exact) mass is 433 g/mol. The van der Waals surface area contributed by atoms with E-state index in [1.54, 1.807) is 0 Å². The molecule has 1 aromatic heterocycles. The van der Waals surface area contributed by atoms with E-state index in [1.807, 2.05) is 36.4 Å². The Bertz CT molecular complexity index is 1030. The second-order valence-corrected chi connectivity index (χ2v) is 8.16. The standard InChI is InChI=1S/C21H25Cl2N5O/c22-16-4-1-5-19(20(16)23)28-11-3-10-27(12-13-28)9-2-8-24-15-6-7-17-18(14-15)26-21(29)25-17/h1,4-7,14,24H,2-3,8-13H2,(H2,25,26,29). The van der Waals surface area contributed by atoms with Gasteiger partial charge in [-0.15, -0.1) is 0 Å². The van der Waals surface area contributed by atoms with Crippen molar-refractivity contribution in [2.24, 2.45) is 0 Å². The minimum Gasteiger partial charge on any atom is -0.385 e. The van der Waals surface area contributed by atoms with Crippen molar-refractivity contribution in [3.05, 3.63) is 56.9 Å². The van der Waals surface area contributed by atoms with Gasteiger partial charge in [-0.3, -0.25) is 0 Å². The van der Waals surface area contributed by atoms with Crippen LogP contribution in [0.1, 0.15) is 12.8 Å². The summed E-state index contributed by atoms with van der Waals surface area (Å²) in [5, 5.41) is 4.70. The lowest BCUT2D eigenvalue weighted by Gasteiger charge is -2.25. The van der Waals surface area contributed by atoms with Gasteiger partial charge in [0, 0.05) is 31.9 Å². The van der Waals surface area contributed by atoms with Gasteiger partial charge >= 0.3 is 5.69 Å². The average Bonchev–Trinajstić information content (AvgIpc) is 2.92. The molecule has 1 saturated heterocycles. The zero-order valence-corrected chi connectivity index (χ0v) is 17.7. The first kappa shape index (κ1) is 20.1. The number of anilines is 2. The fourth-order valence-corrected chi connectivity index (χ4v) is 4.27. The highest BCUT2D eigenvalue weighted by Crippen LogP contribution is 2.32. The molecule has 3 aromatic rings. The molecule has 0 unspecified atom stereocenters. The molecule has 2 heterocycles. The predicted octanol–water partition coefficient (Wildman–Crippen LogP) is 4.18. The van der Waals surface area contributed by atoms with Crippen LogP contribution in [0.4, 0.5) is 11.4 Å². The van der Waals surface area contributed by atoms with Crippen LogP contribution < -0.4 is 15.9 Å². The molecule has 1 aliphatic rings. The van der Waals surface area contributed by atoms with Gasteiger partial charge in [0.05, 0.1) is 26.8 Å². The molecule has 3 N–H and O–H groups in total. The number of hydrogen-bond acceptors (Lipinski definition) is 4. The largest absolute Gasteiger partial charge is 0.385 e. The number of hydrogen-bond donors (Lipinski definition) is 3. The Hall–Kier alpha value is -2.15. The third-order valence-corrected chi connectivity index (χ3v) is 6.17. The zero-order valence-electron chi connectivity index (χ0n) is 16.2. The molecule has 0 saturated carbocycles. The lowest BCUT2D eigenvalue weighted by atomic mass is 10.2. The van der Waals surface area contributed by atoms with Crippen LogP contribution in [-0.2, 0) is 0 Å². The second-order valence-electron chi connectivity index (χ2n) is 7.38. The highest BCUT2D eigenvalue weighted by atomic mass is 35.5. The van der Waals surface area contributed by atoms with Gasteiger partial charge in [-0.2, -0.15) is 0 Å². The Morgan fingerprint density at radius 3 is 2.76 bits per heavy atom. The van der Waals surface area contributed by atoms with Crippen LogP contribution in [-0.4, -0.2) is 54.1 Å². The van der Waals surface area contributed by atoms with Crippen molar-refractivity contribution < 1.29 is 0 Å². The van der Waals surface area contributed by atoms with E-state index in [1.165, 1.54) is 0 Å². The summed E-state index contributed by atoms with van der Waals surface area (Å²) in [4.78, 5) is 21.7. The highest BCUT2D eigenvalue weighted by molar-refractivity contribution is 6.43.